The third kappa shape index (κ3) is 1.37. The van der Waals surface area contributed by atoms with Gasteiger partial charge in [0.1, 0.15) is 0 Å². The van der Waals surface area contributed by atoms with Gasteiger partial charge in [-0.1, -0.05) is 18.2 Å². The summed E-state index contributed by atoms with van der Waals surface area (Å²) in [5.41, 5.74) is 1.74. The van der Waals surface area contributed by atoms with Gasteiger partial charge in [-0.2, -0.15) is 0 Å². The number of carbonyl (C=O) groups is 1. The number of aromatic carboxylic acids is 1. The highest BCUT2D eigenvalue weighted by atomic mass is 16.4. The van der Waals surface area contributed by atoms with Crippen LogP contribution >= 0.6 is 0 Å². The number of aromatic nitrogens is 1. The number of hydrogen-bond acceptors (Lipinski definition) is 2. The first-order chi connectivity index (χ1) is 8.18. The van der Waals surface area contributed by atoms with Crippen LogP contribution < -0.4 is 5.56 Å². The van der Waals surface area contributed by atoms with E-state index in [1.165, 1.54) is 6.07 Å². The van der Waals surface area contributed by atoms with Crippen molar-refractivity contribution in [3.63, 3.8) is 0 Å². The Balaban J connectivity index is 2.54. The van der Waals surface area contributed by atoms with Gasteiger partial charge in [0.25, 0.3) is 5.56 Å². The average molecular weight is 229 g/mol. The van der Waals surface area contributed by atoms with E-state index in [0.717, 1.165) is 23.9 Å². The maximum absolute atomic E-state index is 11.9. The summed E-state index contributed by atoms with van der Waals surface area (Å²) in [6, 6.07) is 6.80. The van der Waals surface area contributed by atoms with E-state index in [-0.39, 0.29) is 11.1 Å². The number of nitrogens with zero attached hydrogens (tertiary/aromatic N) is 1. The Labute approximate surface area is 97.1 Å². The molecule has 2 aromatic rings. The predicted octanol–water partition coefficient (Wildman–Crippen LogP) is 1.65. The van der Waals surface area contributed by atoms with Crippen molar-refractivity contribution in [2.24, 2.45) is 0 Å². The molecule has 1 N–H and O–H groups in total. The lowest BCUT2D eigenvalue weighted by atomic mass is 9.98. The van der Waals surface area contributed by atoms with Gasteiger partial charge in [0.05, 0.1) is 11.1 Å². The third-order valence-corrected chi connectivity index (χ3v) is 3.27. The fraction of sp³-hybridized carbons (Fsp3) is 0.231. The van der Waals surface area contributed by atoms with E-state index in [1.807, 2.05) is 12.1 Å². The van der Waals surface area contributed by atoms with Gasteiger partial charge in [-0.25, -0.2) is 4.79 Å². The summed E-state index contributed by atoms with van der Waals surface area (Å²) >= 11 is 0. The zero-order valence-corrected chi connectivity index (χ0v) is 9.14. The molecule has 0 atom stereocenters. The van der Waals surface area contributed by atoms with Crippen molar-refractivity contribution < 1.29 is 9.90 Å². The maximum atomic E-state index is 11.9. The second-order valence-corrected chi connectivity index (χ2v) is 4.27. The average Bonchev–Trinajstić information content (AvgIpc) is 2.33. The summed E-state index contributed by atoms with van der Waals surface area (Å²) in [5.74, 6) is -1.04. The minimum atomic E-state index is -1.04. The molecule has 17 heavy (non-hydrogen) atoms. The lowest BCUT2D eigenvalue weighted by Gasteiger charge is -2.19. The van der Waals surface area contributed by atoms with E-state index in [2.05, 4.69) is 0 Å². The standard InChI is InChI=1S/C13H11NO3/c15-11-7-10(13(16)17)9-5-1-3-8-4-2-6-14(11)12(8)9/h1,3,5,7H,2,4,6H2,(H,16,17). The smallest absolute Gasteiger partial charge is 0.336 e. The van der Waals surface area contributed by atoms with E-state index in [9.17, 15) is 9.59 Å². The van der Waals surface area contributed by atoms with Crippen LogP contribution in [0.3, 0.4) is 0 Å². The van der Waals surface area contributed by atoms with Crippen molar-refractivity contribution in [2.45, 2.75) is 19.4 Å². The summed E-state index contributed by atoms with van der Waals surface area (Å²) in [7, 11) is 0. The molecule has 0 saturated heterocycles. The highest BCUT2D eigenvalue weighted by Gasteiger charge is 2.18. The monoisotopic (exact) mass is 229 g/mol. The van der Waals surface area contributed by atoms with Crippen molar-refractivity contribution in [3.05, 3.63) is 45.7 Å². The van der Waals surface area contributed by atoms with Gasteiger partial charge in [0.2, 0.25) is 0 Å². The number of carboxylic acids is 1. The SMILES string of the molecule is O=C(O)c1cc(=O)n2c3c(cccc13)CCC2. The maximum Gasteiger partial charge on any atom is 0.336 e. The van der Waals surface area contributed by atoms with Gasteiger partial charge in [0, 0.05) is 18.0 Å². The summed E-state index contributed by atoms with van der Waals surface area (Å²) in [6.07, 6.45) is 1.83. The van der Waals surface area contributed by atoms with Crippen LogP contribution in [-0.4, -0.2) is 15.6 Å². The second kappa shape index (κ2) is 3.45. The number of aryl methyl sites for hydroxylation is 2. The van der Waals surface area contributed by atoms with E-state index in [0.29, 0.717) is 11.9 Å². The lowest BCUT2D eigenvalue weighted by molar-refractivity contribution is 0.0698. The molecule has 4 heteroatoms. The molecule has 1 aromatic carbocycles. The number of para-hydroxylation sites is 1. The second-order valence-electron chi connectivity index (χ2n) is 4.27. The first-order valence-electron chi connectivity index (χ1n) is 5.57. The number of rotatable bonds is 1. The molecule has 0 radical (unpaired) electrons. The quantitative estimate of drug-likeness (QED) is 0.808. The Morgan fingerprint density at radius 2 is 2.18 bits per heavy atom. The highest BCUT2D eigenvalue weighted by molar-refractivity contribution is 6.03. The number of benzene rings is 1. The number of carboxylic acid groups (broad SMARTS) is 1. The molecule has 2 heterocycles. The first kappa shape index (κ1) is 10.1. The molecule has 1 aliphatic rings. The van der Waals surface area contributed by atoms with Gasteiger partial charge in [-0.05, 0) is 18.4 Å². The topological polar surface area (TPSA) is 59.3 Å². The van der Waals surface area contributed by atoms with Crippen LogP contribution in [0.25, 0.3) is 10.9 Å². The molecule has 0 spiro atoms. The van der Waals surface area contributed by atoms with Crippen LogP contribution in [0.5, 0.6) is 0 Å². The molecule has 1 aliphatic heterocycles. The third-order valence-electron chi connectivity index (χ3n) is 3.27. The van der Waals surface area contributed by atoms with Gasteiger partial charge in [0.15, 0.2) is 0 Å². The Kier molecular flexibility index (Phi) is 2.04. The molecular weight excluding hydrogens is 218 g/mol. The van der Waals surface area contributed by atoms with Gasteiger partial charge in [-0.3, -0.25) is 4.79 Å². The lowest BCUT2D eigenvalue weighted by Crippen LogP contribution is -2.25. The summed E-state index contributed by atoms with van der Waals surface area (Å²) < 4.78 is 1.68. The minimum Gasteiger partial charge on any atom is -0.478 e. The molecule has 0 aliphatic carbocycles. The highest BCUT2D eigenvalue weighted by Crippen LogP contribution is 2.25. The normalized spacial score (nSPS) is 13.9. The van der Waals surface area contributed by atoms with E-state index in [4.69, 9.17) is 5.11 Å². The molecular formula is C13H11NO3. The van der Waals surface area contributed by atoms with Gasteiger partial charge >= 0.3 is 5.97 Å². The number of pyridine rings is 1. The number of hydrogen-bond donors (Lipinski definition) is 1. The minimum absolute atomic E-state index is 0.102. The van der Waals surface area contributed by atoms with Crippen LogP contribution in [0.1, 0.15) is 22.3 Å². The Morgan fingerprint density at radius 1 is 1.35 bits per heavy atom. The Hall–Kier alpha value is -2.10. The molecule has 0 unspecified atom stereocenters. The summed E-state index contributed by atoms with van der Waals surface area (Å²) in [4.78, 5) is 23.0. The van der Waals surface area contributed by atoms with Crippen molar-refractivity contribution >= 4 is 16.9 Å². The van der Waals surface area contributed by atoms with Crippen molar-refractivity contribution in [3.8, 4) is 0 Å². The van der Waals surface area contributed by atoms with Crippen LogP contribution in [0.15, 0.2) is 29.1 Å². The largest absolute Gasteiger partial charge is 0.478 e. The Bertz CT molecular complexity index is 685. The zero-order chi connectivity index (χ0) is 12.0. The van der Waals surface area contributed by atoms with Crippen LogP contribution in [0.4, 0.5) is 0 Å². The first-order valence-corrected chi connectivity index (χ1v) is 5.57. The molecule has 0 amide bonds. The van der Waals surface area contributed by atoms with Crippen molar-refractivity contribution in [1.29, 1.82) is 0 Å². The molecule has 0 fully saturated rings. The fourth-order valence-electron chi connectivity index (χ4n) is 2.55. The molecule has 1 aromatic heterocycles. The summed E-state index contributed by atoms with van der Waals surface area (Å²) in [6.45, 7) is 0.673. The molecule has 4 nitrogen and oxygen atoms in total. The van der Waals surface area contributed by atoms with Gasteiger partial charge in [-0.15, -0.1) is 0 Å². The molecule has 0 bridgehead atoms. The molecule has 86 valence electrons. The van der Waals surface area contributed by atoms with Gasteiger partial charge < -0.3 is 9.67 Å². The fourth-order valence-corrected chi connectivity index (χ4v) is 2.55. The van der Waals surface area contributed by atoms with E-state index >= 15 is 0 Å². The molecule has 0 saturated carbocycles. The summed E-state index contributed by atoms with van der Waals surface area (Å²) in [5, 5.41) is 9.79. The van der Waals surface area contributed by atoms with Crippen LogP contribution in [-0.2, 0) is 13.0 Å². The Morgan fingerprint density at radius 3 is 2.94 bits per heavy atom. The van der Waals surface area contributed by atoms with E-state index in [1.54, 1.807) is 10.6 Å². The zero-order valence-electron chi connectivity index (χ0n) is 9.14. The van der Waals surface area contributed by atoms with Crippen molar-refractivity contribution in [1.82, 2.24) is 4.57 Å². The van der Waals surface area contributed by atoms with Crippen LogP contribution in [0, 0.1) is 0 Å². The van der Waals surface area contributed by atoms with Crippen LogP contribution in [0.2, 0.25) is 0 Å². The predicted molar refractivity (Wildman–Crippen MR) is 63.5 cm³/mol. The molecule has 3 rings (SSSR count). The van der Waals surface area contributed by atoms with Crippen molar-refractivity contribution in [2.75, 3.05) is 0 Å². The van der Waals surface area contributed by atoms with E-state index < -0.39 is 5.97 Å².